The molecule has 0 radical (unpaired) electrons. The largest absolute Gasteiger partial charge is 0.312 e. The maximum absolute atomic E-state index is 4.17. The highest BCUT2D eigenvalue weighted by molar-refractivity contribution is 5.61. The minimum absolute atomic E-state index is 0.848. The third kappa shape index (κ3) is 4.15. The minimum atomic E-state index is 0.848. The summed E-state index contributed by atoms with van der Waals surface area (Å²) in [6.45, 7) is 5.68. The Labute approximate surface area is 132 Å². The molecule has 0 saturated carbocycles. The van der Waals surface area contributed by atoms with E-state index < -0.39 is 0 Å². The number of aromatic amines is 1. The molecule has 1 fully saturated rings. The number of pyridine rings is 1. The van der Waals surface area contributed by atoms with Crippen molar-refractivity contribution in [2.75, 3.05) is 26.2 Å². The van der Waals surface area contributed by atoms with E-state index in [1.54, 1.807) is 6.20 Å². The van der Waals surface area contributed by atoms with Gasteiger partial charge in [-0.2, -0.15) is 5.10 Å². The molecule has 2 N–H and O–H groups in total. The number of aromatic nitrogens is 3. The number of H-pyrrole nitrogens is 1. The average molecular weight is 299 g/mol. The van der Waals surface area contributed by atoms with E-state index in [2.05, 4.69) is 31.5 Å². The Morgan fingerprint density at radius 2 is 2.09 bits per heavy atom. The van der Waals surface area contributed by atoms with Gasteiger partial charge in [-0.15, -0.1) is 0 Å². The minimum Gasteiger partial charge on any atom is -0.312 e. The molecule has 0 unspecified atom stereocenters. The number of rotatable bonds is 7. The summed E-state index contributed by atoms with van der Waals surface area (Å²) in [7, 11) is 0. The van der Waals surface area contributed by atoms with Crippen LogP contribution < -0.4 is 5.32 Å². The number of likely N-dealkylation sites (tertiary alicyclic amines) is 1. The van der Waals surface area contributed by atoms with Gasteiger partial charge in [-0.05, 0) is 57.6 Å². The molecule has 3 rings (SSSR count). The number of nitrogens with one attached hydrogen (secondary N) is 2. The van der Waals surface area contributed by atoms with E-state index in [0.29, 0.717) is 0 Å². The summed E-state index contributed by atoms with van der Waals surface area (Å²) in [5.41, 5.74) is 3.35. The Balaban J connectivity index is 1.42. The summed E-state index contributed by atoms with van der Waals surface area (Å²) in [6, 6.07) is 4.01. The van der Waals surface area contributed by atoms with Crippen molar-refractivity contribution in [3.63, 3.8) is 0 Å². The molecule has 2 aromatic rings. The standard InChI is InChI=1S/C17H25N5/c1-2-9-22(10-3-1)11-5-8-19-13-16-14-20-21-17(16)15-6-4-7-18-12-15/h4,6-7,12,14,19H,1-3,5,8-11,13H2,(H,20,21). The van der Waals surface area contributed by atoms with Gasteiger partial charge in [-0.1, -0.05) is 6.42 Å². The fourth-order valence-electron chi connectivity index (χ4n) is 3.04. The highest BCUT2D eigenvalue weighted by Gasteiger charge is 2.09. The van der Waals surface area contributed by atoms with Gasteiger partial charge in [0, 0.05) is 30.1 Å². The normalized spacial score (nSPS) is 16.0. The van der Waals surface area contributed by atoms with E-state index >= 15 is 0 Å². The molecule has 0 spiro atoms. The molecule has 3 heterocycles. The van der Waals surface area contributed by atoms with Crippen LogP contribution in [0.5, 0.6) is 0 Å². The zero-order valence-electron chi connectivity index (χ0n) is 13.1. The van der Waals surface area contributed by atoms with Gasteiger partial charge in [0.25, 0.3) is 0 Å². The molecule has 5 heteroatoms. The van der Waals surface area contributed by atoms with Gasteiger partial charge in [-0.25, -0.2) is 0 Å². The summed E-state index contributed by atoms with van der Waals surface area (Å²) >= 11 is 0. The van der Waals surface area contributed by atoms with Crippen LogP contribution in [0.15, 0.2) is 30.7 Å². The summed E-state index contributed by atoms with van der Waals surface area (Å²) in [6.07, 6.45) is 10.9. The lowest BCUT2D eigenvalue weighted by Gasteiger charge is -2.26. The van der Waals surface area contributed by atoms with Crippen LogP contribution in [0.2, 0.25) is 0 Å². The molecule has 1 aliphatic heterocycles. The molecule has 1 aliphatic rings. The number of hydrogen-bond donors (Lipinski definition) is 2. The first kappa shape index (κ1) is 15.2. The van der Waals surface area contributed by atoms with Crippen LogP contribution in [0, 0.1) is 0 Å². The Kier molecular flexibility index (Phi) is 5.56. The van der Waals surface area contributed by atoms with E-state index in [-0.39, 0.29) is 0 Å². The van der Waals surface area contributed by atoms with Gasteiger partial charge in [0.05, 0.1) is 11.9 Å². The van der Waals surface area contributed by atoms with Crippen molar-refractivity contribution in [3.05, 3.63) is 36.3 Å². The molecular formula is C17H25N5. The van der Waals surface area contributed by atoms with Crippen LogP contribution >= 0.6 is 0 Å². The highest BCUT2D eigenvalue weighted by Crippen LogP contribution is 2.19. The second-order valence-corrected chi connectivity index (χ2v) is 5.94. The molecule has 2 aromatic heterocycles. The van der Waals surface area contributed by atoms with Gasteiger partial charge < -0.3 is 10.2 Å². The zero-order chi connectivity index (χ0) is 15.0. The lowest BCUT2D eigenvalue weighted by molar-refractivity contribution is 0.225. The third-order valence-corrected chi connectivity index (χ3v) is 4.26. The second kappa shape index (κ2) is 8.06. The van der Waals surface area contributed by atoms with Gasteiger partial charge in [0.2, 0.25) is 0 Å². The molecule has 0 bridgehead atoms. The Hall–Kier alpha value is -1.72. The van der Waals surface area contributed by atoms with Crippen LogP contribution in [0.3, 0.4) is 0 Å². The SMILES string of the molecule is c1cncc(-c2[nH]ncc2CNCCCN2CCCCC2)c1. The van der Waals surface area contributed by atoms with E-state index in [9.17, 15) is 0 Å². The first-order valence-electron chi connectivity index (χ1n) is 8.29. The van der Waals surface area contributed by atoms with E-state index in [1.165, 1.54) is 50.9 Å². The molecule has 0 amide bonds. The average Bonchev–Trinajstić information content (AvgIpc) is 3.05. The van der Waals surface area contributed by atoms with Crippen LogP contribution in [0.1, 0.15) is 31.2 Å². The molecule has 0 aliphatic carbocycles. The maximum Gasteiger partial charge on any atom is 0.0710 e. The first-order chi connectivity index (χ1) is 10.9. The molecule has 1 saturated heterocycles. The quantitative estimate of drug-likeness (QED) is 0.771. The van der Waals surface area contributed by atoms with Crippen molar-refractivity contribution >= 4 is 0 Å². The van der Waals surface area contributed by atoms with Gasteiger partial charge in [0.15, 0.2) is 0 Å². The topological polar surface area (TPSA) is 56.8 Å². The summed E-state index contributed by atoms with van der Waals surface area (Å²) in [4.78, 5) is 6.76. The number of nitrogens with zero attached hydrogens (tertiary/aromatic N) is 3. The molecular weight excluding hydrogens is 274 g/mol. The van der Waals surface area contributed by atoms with Crippen LogP contribution in [-0.2, 0) is 6.54 Å². The van der Waals surface area contributed by atoms with Crippen LogP contribution in [0.4, 0.5) is 0 Å². The van der Waals surface area contributed by atoms with Crippen molar-refractivity contribution in [2.24, 2.45) is 0 Å². The fraction of sp³-hybridized carbons (Fsp3) is 0.529. The molecule has 0 atom stereocenters. The van der Waals surface area contributed by atoms with Gasteiger partial charge in [0.1, 0.15) is 0 Å². The number of piperidine rings is 1. The summed E-state index contributed by atoms with van der Waals surface area (Å²) in [5.74, 6) is 0. The summed E-state index contributed by atoms with van der Waals surface area (Å²) in [5, 5.41) is 10.8. The van der Waals surface area contributed by atoms with Crippen molar-refractivity contribution in [2.45, 2.75) is 32.2 Å². The lowest BCUT2D eigenvalue weighted by atomic mass is 10.1. The molecule has 118 valence electrons. The van der Waals surface area contributed by atoms with Crippen molar-refractivity contribution in [3.8, 4) is 11.3 Å². The van der Waals surface area contributed by atoms with Gasteiger partial charge >= 0.3 is 0 Å². The maximum atomic E-state index is 4.17. The van der Waals surface area contributed by atoms with E-state index in [0.717, 1.165) is 24.3 Å². The van der Waals surface area contributed by atoms with Crippen molar-refractivity contribution in [1.82, 2.24) is 25.4 Å². The fourth-order valence-corrected chi connectivity index (χ4v) is 3.04. The summed E-state index contributed by atoms with van der Waals surface area (Å²) < 4.78 is 0. The highest BCUT2D eigenvalue weighted by atomic mass is 15.1. The monoisotopic (exact) mass is 299 g/mol. The smallest absolute Gasteiger partial charge is 0.0710 e. The predicted octanol–water partition coefficient (Wildman–Crippen LogP) is 2.44. The lowest BCUT2D eigenvalue weighted by Crippen LogP contribution is -2.32. The van der Waals surface area contributed by atoms with Crippen LogP contribution in [-0.4, -0.2) is 46.3 Å². The molecule has 0 aromatic carbocycles. The zero-order valence-corrected chi connectivity index (χ0v) is 13.1. The Morgan fingerprint density at radius 1 is 1.18 bits per heavy atom. The van der Waals surface area contributed by atoms with Crippen molar-refractivity contribution < 1.29 is 0 Å². The second-order valence-electron chi connectivity index (χ2n) is 5.94. The Morgan fingerprint density at radius 3 is 2.91 bits per heavy atom. The molecule has 5 nitrogen and oxygen atoms in total. The van der Waals surface area contributed by atoms with Crippen molar-refractivity contribution in [1.29, 1.82) is 0 Å². The van der Waals surface area contributed by atoms with Gasteiger partial charge in [-0.3, -0.25) is 10.1 Å². The third-order valence-electron chi connectivity index (χ3n) is 4.26. The molecule has 22 heavy (non-hydrogen) atoms. The van der Waals surface area contributed by atoms with E-state index in [4.69, 9.17) is 0 Å². The van der Waals surface area contributed by atoms with Crippen LogP contribution in [0.25, 0.3) is 11.3 Å². The van der Waals surface area contributed by atoms with E-state index in [1.807, 2.05) is 18.5 Å². The predicted molar refractivity (Wildman–Crippen MR) is 88.4 cm³/mol. The Bertz CT molecular complexity index is 545. The first-order valence-corrected chi connectivity index (χ1v) is 8.29. The number of hydrogen-bond acceptors (Lipinski definition) is 4.